The fraction of sp³-hybridized carbons (Fsp3) is 0. The highest BCUT2D eigenvalue weighted by atomic mass is 16.5. The molecule has 0 saturated carbocycles. The number of pyridine rings is 1. The van der Waals surface area contributed by atoms with Crippen molar-refractivity contribution in [3.05, 3.63) is 48.7 Å². The van der Waals surface area contributed by atoms with Gasteiger partial charge in [0.25, 0.3) is 0 Å². The highest BCUT2D eigenvalue weighted by Crippen LogP contribution is 2.19. The normalized spacial score (nSPS) is 9.71. The van der Waals surface area contributed by atoms with Crippen molar-refractivity contribution in [3.8, 4) is 11.6 Å². The molecule has 2 aromatic rings. The molecule has 0 aliphatic rings. The van der Waals surface area contributed by atoms with E-state index in [1.165, 1.54) is 0 Å². The van der Waals surface area contributed by atoms with E-state index in [9.17, 15) is 0 Å². The molecule has 69 valence electrons. The van der Waals surface area contributed by atoms with Crippen molar-refractivity contribution < 1.29 is 4.74 Å². The van der Waals surface area contributed by atoms with E-state index < -0.39 is 0 Å². The summed E-state index contributed by atoms with van der Waals surface area (Å²) in [5.41, 5.74) is 7.77. The molecule has 1 aromatic carbocycles. The van der Waals surface area contributed by atoms with Crippen LogP contribution in [0.2, 0.25) is 0 Å². The van der Waals surface area contributed by atoms with Crippen LogP contribution in [0.4, 0.5) is 5.69 Å². The van der Waals surface area contributed by atoms with Gasteiger partial charge in [0.15, 0.2) is 0 Å². The first-order valence-electron chi connectivity index (χ1n) is 4.25. The Hall–Kier alpha value is -2.03. The molecular formula is C11H9N2O. The molecule has 3 nitrogen and oxygen atoms in total. The number of aromatic nitrogens is 1. The van der Waals surface area contributed by atoms with Crippen molar-refractivity contribution in [2.75, 3.05) is 0 Å². The smallest absolute Gasteiger partial charge is 0.219 e. The molecule has 0 atom stereocenters. The maximum Gasteiger partial charge on any atom is 0.219 e. The summed E-state index contributed by atoms with van der Waals surface area (Å²) in [7, 11) is 0. The van der Waals surface area contributed by atoms with Crippen molar-refractivity contribution in [2.45, 2.75) is 0 Å². The fourth-order valence-electron chi connectivity index (χ4n) is 1.05. The summed E-state index contributed by atoms with van der Waals surface area (Å²) in [6.07, 6.45) is 1.67. The van der Waals surface area contributed by atoms with Crippen LogP contribution in [0.3, 0.4) is 0 Å². The lowest BCUT2D eigenvalue weighted by atomic mass is 10.3. The molecule has 0 amide bonds. The largest absolute Gasteiger partial charge is 0.439 e. The minimum Gasteiger partial charge on any atom is -0.439 e. The summed E-state index contributed by atoms with van der Waals surface area (Å²) < 4.78 is 5.44. The Morgan fingerprint density at radius 1 is 1.00 bits per heavy atom. The number of nitrogens with zero attached hydrogens (tertiary/aromatic N) is 1. The van der Waals surface area contributed by atoms with Gasteiger partial charge in [-0.05, 0) is 30.3 Å². The SMILES string of the molecule is [NH]c1ccc(Oc2ccccn2)cc1. The lowest BCUT2D eigenvalue weighted by Gasteiger charge is -2.03. The van der Waals surface area contributed by atoms with Gasteiger partial charge in [-0.3, -0.25) is 0 Å². The van der Waals surface area contributed by atoms with Crippen LogP contribution in [0.1, 0.15) is 0 Å². The number of ether oxygens (including phenoxy) is 1. The van der Waals surface area contributed by atoms with Gasteiger partial charge in [0.05, 0.1) is 5.69 Å². The summed E-state index contributed by atoms with van der Waals surface area (Å²) in [5.74, 6) is 1.25. The summed E-state index contributed by atoms with van der Waals surface area (Å²) in [6, 6.07) is 12.3. The predicted molar refractivity (Wildman–Crippen MR) is 53.5 cm³/mol. The molecule has 0 fully saturated rings. The molecule has 14 heavy (non-hydrogen) atoms. The molecule has 0 aliphatic carbocycles. The standard InChI is InChI=1S/C11H9N2O/c12-9-4-6-10(7-5-9)14-11-3-1-2-8-13-11/h1-8,12H. The Kier molecular flexibility index (Phi) is 2.32. The van der Waals surface area contributed by atoms with E-state index in [-0.39, 0.29) is 0 Å². The van der Waals surface area contributed by atoms with Crippen LogP contribution in [-0.2, 0) is 0 Å². The summed E-state index contributed by atoms with van der Waals surface area (Å²) in [4.78, 5) is 4.03. The second kappa shape index (κ2) is 3.79. The van der Waals surface area contributed by atoms with Gasteiger partial charge in [-0.15, -0.1) is 0 Å². The Balaban J connectivity index is 2.16. The predicted octanol–water partition coefficient (Wildman–Crippen LogP) is 2.79. The Bertz CT molecular complexity index is 397. The third kappa shape index (κ3) is 2.01. The van der Waals surface area contributed by atoms with Gasteiger partial charge in [-0.2, -0.15) is 0 Å². The van der Waals surface area contributed by atoms with Crippen molar-refractivity contribution in [2.24, 2.45) is 0 Å². The summed E-state index contributed by atoms with van der Waals surface area (Å²) in [5, 5.41) is 0. The summed E-state index contributed by atoms with van der Waals surface area (Å²) in [6.45, 7) is 0. The Morgan fingerprint density at radius 2 is 1.79 bits per heavy atom. The van der Waals surface area contributed by atoms with E-state index in [0.717, 1.165) is 0 Å². The zero-order chi connectivity index (χ0) is 9.80. The molecule has 0 saturated heterocycles. The second-order valence-corrected chi connectivity index (χ2v) is 2.79. The van der Waals surface area contributed by atoms with Crippen molar-refractivity contribution >= 4 is 5.69 Å². The van der Waals surface area contributed by atoms with Crippen LogP contribution in [0, 0.1) is 0 Å². The van der Waals surface area contributed by atoms with Gasteiger partial charge in [-0.25, -0.2) is 4.98 Å². The molecule has 1 N–H and O–H groups in total. The van der Waals surface area contributed by atoms with E-state index in [4.69, 9.17) is 10.5 Å². The molecule has 1 heterocycles. The molecule has 1 radical (unpaired) electrons. The zero-order valence-corrected chi connectivity index (χ0v) is 7.47. The number of hydrogen-bond acceptors (Lipinski definition) is 2. The summed E-state index contributed by atoms with van der Waals surface area (Å²) >= 11 is 0. The lowest BCUT2D eigenvalue weighted by molar-refractivity contribution is 0.463. The molecule has 3 heteroatoms. The highest BCUT2D eigenvalue weighted by Gasteiger charge is 1.96. The van der Waals surface area contributed by atoms with Crippen molar-refractivity contribution in [1.29, 1.82) is 0 Å². The first-order valence-corrected chi connectivity index (χ1v) is 4.25. The van der Waals surface area contributed by atoms with Crippen molar-refractivity contribution in [3.63, 3.8) is 0 Å². The third-order valence-corrected chi connectivity index (χ3v) is 1.71. The van der Waals surface area contributed by atoms with Gasteiger partial charge in [0, 0.05) is 12.3 Å². The minimum atomic E-state index is 0.471. The third-order valence-electron chi connectivity index (χ3n) is 1.71. The van der Waals surface area contributed by atoms with Gasteiger partial charge in [0.2, 0.25) is 5.88 Å². The highest BCUT2D eigenvalue weighted by molar-refractivity contribution is 5.39. The monoisotopic (exact) mass is 185 g/mol. The maximum absolute atomic E-state index is 7.30. The molecule has 0 unspecified atom stereocenters. The number of hydrogen-bond donors (Lipinski definition) is 0. The molecule has 0 spiro atoms. The van der Waals surface area contributed by atoms with Gasteiger partial charge in [0.1, 0.15) is 5.75 Å². The van der Waals surface area contributed by atoms with E-state index in [2.05, 4.69) is 4.98 Å². The number of rotatable bonds is 2. The molecule has 1 aromatic heterocycles. The van der Waals surface area contributed by atoms with Gasteiger partial charge in [-0.1, -0.05) is 6.07 Å². The second-order valence-electron chi connectivity index (χ2n) is 2.79. The van der Waals surface area contributed by atoms with Crippen LogP contribution in [-0.4, -0.2) is 4.98 Å². The molecule has 0 aliphatic heterocycles. The topological polar surface area (TPSA) is 45.9 Å². The van der Waals surface area contributed by atoms with Crippen LogP contribution in [0.25, 0.3) is 0 Å². The zero-order valence-electron chi connectivity index (χ0n) is 7.47. The molecular weight excluding hydrogens is 176 g/mol. The first kappa shape index (κ1) is 8.56. The van der Waals surface area contributed by atoms with E-state index in [1.54, 1.807) is 36.5 Å². The van der Waals surface area contributed by atoms with Crippen LogP contribution < -0.4 is 10.5 Å². The Labute approximate surface area is 82.2 Å². The first-order chi connectivity index (χ1) is 6.84. The average Bonchev–Trinajstić information content (AvgIpc) is 2.23. The van der Waals surface area contributed by atoms with Crippen LogP contribution in [0.15, 0.2) is 48.7 Å². The molecule has 2 rings (SSSR count). The van der Waals surface area contributed by atoms with Gasteiger partial charge < -0.3 is 10.5 Å². The van der Waals surface area contributed by atoms with Crippen LogP contribution in [0.5, 0.6) is 11.6 Å². The van der Waals surface area contributed by atoms with E-state index in [0.29, 0.717) is 17.3 Å². The quantitative estimate of drug-likeness (QED) is 0.722. The van der Waals surface area contributed by atoms with Crippen LogP contribution >= 0.6 is 0 Å². The van der Waals surface area contributed by atoms with E-state index >= 15 is 0 Å². The molecule has 0 bridgehead atoms. The number of nitrogens with one attached hydrogen (secondary N) is 1. The average molecular weight is 185 g/mol. The number of benzene rings is 1. The fourth-order valence-corrected chi connectivity index (χ4v) is 1.05. The van der Waals surface area contributed by atoms with Crippen molar-refractivity contribution in [1.82, 2.24) is 10.7 Å². The van der Waals surface area contributed by atoms with Gasteiger partial charge >= 0.3 is 0 Å². The minimum absolute atomic E-state index is 0.471. The van der Waals surface area contributed by atoms with E-state index in [1.807, 2.05) is 12.1 Å². The lowest BCUT2D eigenvalue weighted by Crippen LogP contribution is -1.85. The maximum atomic E-state index is 7.30. The Morgan fingerprint density at radius 3 is 2.43 bits per heavy atom.